The first kappa shape index (κ1) is 31.5. The summed E-state index contributed by atoms with van der Waals surface area (Å²) in [4.78, 5) is 41.5. The highest BCUT2D eigenvalue weighted by atomic mass is 19.4. The molecule has 0 saturated carbocycles. The summed E-state index contributed by atoms with van der Waals surface area (Å²) in [6.45, 7) is 7.22. The third kappa shape index (κ3) is 7.72. The van der Waals surface area contributed by atoms with Crippen LogP contribution in [-0.4, -0.2) is 77.6 Å². The van der Waals surface area contributed by atoms with Gasteiger partial charge in [-0.2, -0.15) is 13.2 Å². The van der Waals surface area contributed by atoms with E-state index in [2.05, 4.69) is 20.3 Å². The summed E-state index contributed by atoms with van der Waals surface area (Å²) in [5.74, 6) is -1.62. The van der Waals surface area contributed by atoms with Gasteiger partial charge in [-0.15, -0.1) is 0 Å². The summed E-state index contributed by atoms with van der Waals surface area (Å²) in [7, 11) is 3.26. The van der Waals surface area contributed by atoms with E-state index in [-0.39, 0.29) is 35.3 Å². The van der Waals surface area contributed by atoms with Crippen molar-refractivity contribution in [3.8, 4) is 5.75 Å². The molecule has 1 atom stereocenters. The molecule has 228 valence electrons. The zero-order valence-electron chi connectivity index (χ0n) is 24.4. The highest BCUT2D eigenvalue weighted by molar-refractivity contribution is 6.04. The average molecular weight is 601 g/mol. The third-order valence-electron chi connectivity index (χ3n) is 6.85. The molecule has 1 aliphatic rings. The number of pyridine rings is 2. The van der Waals surface area contributed by atoms with Crippen molar-refractivity contribution < 1.29 is 31.9 Å². The molecule has 2 amide bonds. The largest absolute Gasteiger partial charge is 0.483 e. The quantitative estimate of drug-likeness (QED) is 0.361. The van der Waals surface area contributed by atoms with E-state index in [1.165, 1.54) is 23.4 Å². The van der Waals surface area contributed by atoms with Crippen molar-refractivity contribution in [2.24, 2.45) is 4.99 Å². The van der Waals surface area contributed by atoms with Gasteiger partial charge in [-0.05, 0) is 61.7 Å². The van der Waals surface area contributed by atoms with Crippen LogP contribution in [0.4, 0.5) is 23.4 Å². The first-order valence-electron chi connectivity index (χ1n) is 13.4. The molecule has 43 heavy (non-hydrogen) atoms. The molecule has 0 fully saturated rings. The summed E-state index contributed by atoms with van der Waals surface area (Å²) in [6.07, 6.45) is -2.95. The van der Waals surface area contributed by atoms with Crippen molar-refractivity contribution in [1.82, 2.24) is 19.8 Å². The van der Waals surface area contributed by atoms with Crippen LogP contribution < -0.4 is 10.1 Å². The van der Waals surface area contributed by atoms with Crippen molar-refractivity contribution in [3.63, 3.8) is 0 Å². The van der Waals surface area contributed by atoms with Crippen LogP contribution in [-0.2, 0) is 6.18 Å². The van der Waals surface area contributed by atoms with E-state index in [9.17, 15) is 27.2 Å². The van der Waals surface area contributed by atoms with Crippen molar-refractivity contribution in [2.75, 3.05) is 45.6 Å². The Labute approximate surface area is 246 Å². The third-order valence-corrected chi connectivity index (χ3v) is 6.85. The van der Waals surface area contributed by atoms with Gasteiger partial charge in [0, 0.05) is 45.6 Å². The number of hydrogen-bond acceptors (Lipinski definition) is 7. The lowest BCUT2D eigenvalue weighted by atomic mass is 10.0. The van der Waals surface area contributed by atoms with Gasteiger partial charge in [0.05, 0.1) is 23.9 Å². The van der Waals surface area contributed by atoms with Gasteiger partial charge < -0.3 is 15.0 Å². The highest BCUT2D eigenvalue weighted by Gasteiger charge is 2.34. The number of hydrogen-bond donors (Lipinski definition) is 1. The Morgan fingerprint density at radius 3 is 2.42 bits per heavy atom. The Bertz CT molecular complexity index is 1560. The molecule has 0 saturated heterocycles. The Hall–Kier alpha value is -4.39. The molecule has 1 aromatic carbocycles. The number of alkyl halides is 3. The minimum atomic E-state index is -4.82. The number of ether oxygens (including phenoxy) is 1. The molecule has 0 aliphatic carbocycles. The summed E-state index contributed by atoms with van der Waals surface area (Å²) in [5, 5.41) is 2.70. The molecule has 3 heterocycles. The van der Waals surface area contributed by atoms with Gasteiger partial charge in [0.25, 0.3) is 11.8 Å². The second kappa shape index (κ2) is 12.9. The monoisotopic (exact) mass is 600 g/mol. The molecule has 0 spiro atoms. The fourth-order valence-electron chi connectivity index (χ4n) is 4.66. The van der Waals surface area contributed by atoms with Crippen LogP contribution in [0.15, 0.2) is 47.7 Å². The summed E-state index contributed by atoms with van der Waals surface area (Å²) in [5.41, 5.74) is 1.30. The molecule has 0 bridgehead atoms. The van der Waals surface area contributed by atoms with Gasteiger partial charge in [0.1, 0.15) is 29.2 Å². The van der Waals surface area contributed by atoms with E-state index in [4.69, 9.17) is 4.74 Å². The number of rotatable bonds is 8. The van der Waals surface area contributed by atoms with E-state index in [1.54, 1.807) is 40.1 Å². The summed E-state index contributed by atoms with van der Waals surface area (Å²) < 4.78 is 60.2. The SMILES string of the molecule is CC1=NCCN(CC(Oc2cnc(C(=O)Nc3ncc(C(=O)N(C)C)cc3C)c(C)c2)c2ccc(C(F)(F)F)c(F)c2)C1. The van der Waals surface area contributed by atoms with E-state index in [0.29, 0.717) is 42.4 Å². The molecule has 13 heteroatoms. The van der Waals surface area contributed by atoms with Crippen molar-refractivity contribution in [1.29, 1.82) is 0 Å². The number of carbonyl (C=O) groups excluding carboxylic acids is 2. The van der Waals surface area contributed by atoms with Gasteiger partial charge in [-0.1, -0.05) is 6.07 Å². The van der Waals surface area contributed by atoms with Gasteiger partial charge in [0.2, 0.25) is 0 Å². The van der Waals surface area contributed by atoms with Crippen LogP contribution in [0.3, 0.4) is 0 Å². The molecule has 9 nitrogen and oxygen atoms in total. The topological polar surface area (TPSA) is 100 Å². The number of anilines is 1. The predicted molar refractivity (Wildman–Crippen MR) is 153 cm³/mol. The molecule has 3 aromatic rings. The summed E-state index contributed by atoms with van der Waals surface area (Å²) >= 11 is 0. The number of aryl methyl sites for hydroxylation is 2. The maximum atomic E-state index is 14.5. The fourth-order valence-corrected chi connectivity index (χ4v) is 4.66. The fraction of sp³-hybridized carbons (Fsp3) is 0.367. The van der Waals surface area contributed by atoms with E-state index >= 15 is 0 Å². The zero-order chi connectivity index (χ0) is 31.5. The minimum absolute atomic E-state index is 0.0991. The normalized spacial score (nSPS) is 14.6. The lowest BCUT2D eigenvalue weighted by molar-refractivity contribution is -0.140. The van der Waals surface area contributed by atoms with E-state index in [1.807, 2.05) is 11.8 Å². The number of aliphatic imine (C=N–C) groups is 1. The lowest BCUT2D eigenvalue weighted by Crippen LogP contribution is -2.39. The van der Waals surface area contributed by atoms with Gasteiger partial charge in [-0.3, -0.25) is 19.5 Å². The first-order chi connectivity index (χ1) is 20.2. The van der Waals surface area contributed by atoms with Crippen LogP contribution in [0.2, 0.25) is 0 Å². The van der Waals surface area contributed by atoms with E-state index in [0.717, 1.165) is 11.8 Å². The molecular weight excluding hydrogens is 568 g/mol. The Balaban J connectivity index is 1.55. The second-order valence-electron chi connectivity index (χ2n) is 10.6. The maximum absolute atomic E-state index is 14.5. The molecule has 2 aromatic heterocycles. The van der Waals surface area contributed by atoms with Crippen LogP contribution in [0.1, 0.15) is 56.1 Å². The molecule has 1 aliphatic heterocycles. The number of amides is 2. The molecule has 4 rings (SSSR count). The molecular formula is C30H32F4N6O3. The smallest absolute Gasteiger partial charge is 0.419 e. The number of nitrogens with one attached hydrogen (secondary N) is 1. The molecule has 1 N–H and O–H groups in total. The van der Waals surface area contributed by atoms with Crippen LogP contribution >= 0.6 is 0 Å². The van der Waals surface area contributed by atoms with Crippen LogP contribution in [0.5, 0.6) is 5.75 Å². The van der Waals surface area contributed by atoms with E-state index < -0.39 is 29.6 Å². The van der Waals surface area contributed by atoms with Crippen LogP contribution in [0.25, 0.3) is 0 Å². The first-order valence-corrected chi connectivity index (χ1v) is 13.4. The van der Waals surface area contributed by atoms with Gasteiger partial charge in [-0.25, -0.2) is 14.4 Å². The predicted octanol–water partition coefficient (Wildman–Crippen LogP) is 5.10. The van der Waals surface area contributed by atoms with Gasteiger partial charge >= 0.3 is 6.18 Å². The van der Waals surface area contributed by atoms with Crippen molar-refractivity contribution >= 4 is 23.3 Å². The standard InChI is InChI=1S/C30H32F4N6O3/c1-17-11-22(14-36-26(17)28(41)38-27-18(2)10-21(13-37-27)29(42)39(4)5)43-25(16-40-9-8-35-19(3)15-40)20-6-7-23(24(31)12-20)30(32,33)34/h6-7,10-14,25H,8-9,15-16H2,1-5H3,(H,37,38,41). The highest BCUT2D eigenvalue weighted by Crippen LogP contribution is 2.33. The van der Waals surface area contributed by atoms with Crippen molar-refractivity contribution in [2.45, 2.75) is 33.1 Å². The van der Waals surface area contributed by atoms with Crippen molar-refractivity contribution in [3.05, 3.63) is 82.1 Å². The Kier molecular flexibility index (Phi) is 9.43. The molecule has 0 radical (unpaired) electrons. The molecule has 1 unspecified atom stereocenters. The summed E-state index contributed by atoms with van der Waals surface area (Å²) in [6, 6.07) is 5.96. The number of benzene rings is 1. The number of halogens is 4. The Morgan fingerprint density at radius 1 is 1.07 bits per heavy atom. The maximum Gasteiger partial charge on any atom is 0.419 e. The second-order valence-corrected chi connectivity index (χ2v) is 10.6. The average Bonchev–Trinajstić information content (AvgIpc) is 2.92. The lowest BCUT2D eigenvalue weighted by Gasteiger charge is -2.30. The van der Waals surface area contributed by atoms with Gasteiger partial charge in [0.15, 0.2) is 0 Å². The number of nitrogens with zero attached hydrogens (tertiary/aromatic N) is 5. The number of aromatic nitrogens is 2. The minimum Gasteiger partial charge on any atom is -0.483 e. The van der Waals surface area contributed by atoms with Crippen LogP contribution in [0, 0.1) is 19.7 Å². The number of carbonyl (C=O) groups is 2. The Morgan fingerprint density at radius 2 is 1.81 bits per heavy atom. The zero-order valence-corrected chi connectivity index (χ0v) is 24.4.